The van der Waals surface area contributed by atoms with Gasteiger partial charge in [0, 0.05) is 6.54 Å². The van der Waals surface area contributed by atoms with Crippen LogP contribution in [0.1, 0.15) is 15.9 Å². The molecule has 0 aromatic heterocycles. The normalized spacial score (nSPS) is 12.1. The Morgan fingerprint density at radius 1 is 1.00 bits per heavy atom. The second-order valence-electron chi connectivity index (χ2n) is 6.22. The highest BCUT2D eigenvalue weighted by molar-refractivity contribution is 5.90. The molecule has 0 saturated carbocycles. The number of amides is 1. The third kappa shape index (κ3) is 5.31. The van der Waals surface area contributed by atoms with Crippen LogP contribution >= 0.6 is 0 Å². The smallest absolute Gasteiger partial charge is 0.337 e. The fourth-order valence-corrected chi connectivity index (χ4v) is 2.82. The number of hydrogen-bond donors (Lipinski definition) is 1. The van der Waals surface area contributed by atoms with E-state index in [0.717, 1.165) is 17.1 Å². The van der Waals surface area contributed by atoms with Crippen LogP contribution in [0.4, 0.5) is 0 Å². The third-order valence-corrected chi connectivity index (χ3v) is 4.29. The highest BCUT2D eigenvalue weighted by atomic mass is 16.6. The number of methoxy groups -OCH3 is 2. The number of fused-ring (bicyclic) bond motifs is 1. The summed E-state index contributed by atoms with van der Waals surface area (Å²) in [5.74, 6) is 1.43. The molecule has 2 aromatic carbocycles. The molecular formula is C21H23NO7. The Hall–Kier alpha value is -3.42. The van der Waals surface area contributed by atoms with Gasteiger partial charge in [-0.1, -0.05) is 6.07 Å². The SMILES string of the molecule is COC(=O)c1ccc(OCC(=O)NCCc2ccc3c(c2)OCCO3)c(OC)c1. The van der Waals surface area contributed by atoms with Crippen molar-refractivity contribution in [3.05, 3.63) is 47.5 Å². The van der Waals surface area contributed by atoms with E-state index in [0.29, 0.717) is 43.2 Å². The number of ether oxygens (including phenoxy) is 5. The minimum atomic E-state index is -0.480. The minimum Gasteiger partial charge on any atom is -0.493 e. The van der Waals surface area contributed by atoms with Crippen LogP contribution in [-0.2, 0) is 16.0 Å². The zero-order valence-corrected chi connectivity index (χ0v) is 16.4. The maximum atomic E-state index is 12.1. The van der Waals surface area contributed by atoms with E-state index in [-0.39, 0.29) is 12.5 Å². The molecule has 0 aliphatic carbocycles. The molecule has 1 aliphatic rings. The highest BCUT2D eigenvalue weighted by Crippen LogP contribution is 2.31. The minimum absolute atomic E-state index is 0.172. The van der Waals surface area contributed by atoms with Gasteiger partial charge in [-0.2, -0.15) is 0 Å². The van der Waals surface area contributed by atoms with Crippen molar-refractivity contribution in [2.24, 2.45) is 0 Å². The standard InChI is InChI=1S/C21H23NO7/c1-25-18-12-15(21(24)26-2)4-6-16(18)29-13-20(23)22-8-7-14-3-5-17-19(11-14)28-10-9-27-17/h3-6,11-12H,7-10,13H2,1-2H3,(H,22,23). The summed E-state index contributed by atoms with van der Waals surface area (Å²) in [6.07, 6.45) is 0.652. The zero-order valence-electron chi connectivity index (χ0n) is 16.4. The first-order valence-electron chi connectivity index (χ1n) is 9.15. The zero-order chi connectivity index (χ0) is 20.6. The highest BCUT2D eigenvalue weighted by Gasteiger charge is 2.14. The molecule has 1 N–H and O–H groups in total. The van der Waals surface area contributed by atoms with Crippen molar-refractivity contribution in [2.75, 3.05) is 40.6 Å². The molecule has 2 aromatic rings. The third-order valence-electron chi connectivity index (χ3n) is 4.29. The monoisotopic (exact) mass is 401 g/mol. The Labute approximate surface area is 168 Å². The van der Waals surface area contributed by atoms with E-state index < -0.39 is 5.97 Å². The van der Waals surface area contributed by atoms with Crippen molar-refractivity contribution in [2.45, 2.75) is 6.42 Å². The van der Waals surface area contributed by atoms with Crippen LogP contribution in [-0.4, -0.2) is 52.5 Å². The van der Waals surface area contributed by atoms with Crippen molar-refractivity contribution in [1.82, 2.24) is 5.32 Å². The first kappa shape index (κ1) is 20.3. The average Bonchev–Trinajstić information content (AvgIpc) is 2.76. The van der Waals surface area contributed by atoms with Gasteiger partial charge >= 0.3 is 5.97 Å². The van der Waals surface area contributed by atoms with Gasteiger partial charge in [0.25, 0.3) is 5.91 Å². The average molecular weight is 401 g/mol. The van der Waals surface area contributed by atoms with Gasteiger partial charge < -0.3 is 29.0 Å². The van der Waals surface area contributed by atoms with Crippen LogP contribution in [0.3, 0.4) is 0 Å². The van der Waals surface area contributed by atoms with Gasteiger partial charge in [-0.25, -0.2) is 4.79 Å². The van der Waals surface area contributed by atoms with Gasteiger partial charge in [-0.15, -0.1) is 0 Å². The van der Waals surface area contributed by atoms with Gasteiger partial charge in [-0.3, -0.25) is 4.79 Å². The molecule has 0 saturated heterocycles. The van der Waals surface area contributed by atoms with Crippen LogP contribution in [0, 0.1) is 0 Å². The molecule has 0 spiro atoms. The Morgan fingerprint density at radius 2 is 1.79 bits per heavy atom. The molecule has 1 heterocycles. The molecule has 0 radical (unpaired) electrons. The molecule has 0 fully saturated rings. The largest absolute Gasteiger partial charge is 0.493 e. The number of carbonyl (C=O) groups excluding carboxylic acids is 2. The van der Waals surface area contributed by atoms with Crippen molar-refractivity contribution >= 4 is 11.9 Å². The molecule has 29 heavy (non-hydrogen) atoms. The van der Waals surface area contributed by atoms with E-state index in [2.05, 4.69) is 10.1 Å². The van der Waals surface area contributed by atoms with Crippen molar-refractivity contribution in [3.8, 4) is 23.0 Å². The van der Waals surface area contributed by atoms with E-state index in [1.165, 1.54) is 20.3 Å². The van der Waals surface area contributed by atoms with Crippen molar-refractivity contribution in [1.29, 1.82) is 0 Å². The fraction of sp³-hybridized carbons (Fsp3) is 0.333. The lowest BCUT2D eigenvalue weighted by Gasteiger charge is -2.18. The first-order chi connectivity index (χ1) is 14.1. The summed E-state index contributed by atoms with van der Waals surface area (Å²) < 4.78 is 26.4. The van der Waals surface area contributed by atoms with Gasteiger partial charge in [0.2, 0.25) is 0 Å². The predicted molar refractivity (Wildman–Crippen MR) is 104 cm³/mol. The summed E-state index contributed by atoms with van der Waals surface area (Å²) in [4.78, 5) is 23.6. The van der Waals surface area contributed by atoms with Crippen LogP contribution < -0.4 is 24.3 Å². The molecule has 154 valence electrons. The maximum absolute atomic E-state index is 12.1. The van der Waals surface area contributed by atoms with Gasteiger partial charge in [-0.05, 0) is 42.3 Å². The second-order valence-corrected chi connectivity index (χ2v) is 6.22. The number of esters is 1. The van der Waals surface area contributed by atoms with Crippen LogP contribution in [0.15, 0.2) is 36.4 Å². The summed E-state index contributed by atoms with van der Waals surface area (Å²) in [7, 11) is 2.76. The quantitative estimate of drug-likeness (QED) is 0.676. The van der Waals surface area contributed by atoms with E-state index in [4.69, 9.17) is 18.9 Å². The van der Waals surface area contributed by atoms with Crippen molar-refractivity contribution in [3.63, 3.8) is 0 Å². The Morgan fingerprint density at radius 3 is 2.55 bits per heavy atom. The van der Waals surface area contributed by atoms with Crippen LogP contribution in [0.2, 0.25) is 0 Å². The Kier molecular flexibility index (Phi) is 6.78. The molecule has 3 rings (SSSR count). The van der Waals surface area contributed by atoms with Gasteiger partial charge in [0.15, 0.2) is 29.6 Å². The molecule has 1 aliphatic heterocycles. The number of carbonyl (C=O) groups is 2. The molecule has 0 unspecified atom stereocenters. The van der Waals surface area contributed by atoms with Crippen LogP contribution in [0.25, 0.3) is 0 Å². The van der Waals surface area contributed by atoms with Gasteiger partial charge in [0.05, 0.1) is 19.8 Å². The Bertz CT molecular complexity index is 881. The van der Waals surface area contributed by atoms with E-state index in [1.807, 2.05) is 18.2 Å². The second kappa shape index (κ2) is 9.68. The Balaban J connectivity index is 1.47. The van der Waals surface area contributed by atoms with E-state index in [1.54, 1.807) is 12.1 Å². The summed E-state index contributed by atoms with van der Waals surface area (Å²) in [6, 6.07) is 10.4. The fourth-order valence-electron chi connectivity index (χ4n) is 2.82. The molecule has 8 nitrogen and oxygen atoms in total. The molecule has 0 bridgehead atoms. The molecule has 1 amide bonds. The summed E-state index contributed by atoms with van der Waals surface area (Å²) in [6.45, 7) is 1.38. The number of benzene rings is 2. The predicted octanol–water partition coefficient (Wildman–Crippen LogP) is 1.99. The molecule has 0 atom stereocenters. The lowest BCUT2D eigenvalue weighted by Crippen LogP contribution is -2.30. The van der Waals surface area contributed by atoms with Crippen molar-refractivity contribution < 1.29 is 33.3 Å². The lowest BCUT2D eigenvalue weighted by molar-refractivity contribution is -0.123. The summed E-state index contributed by atoms with van der Waals surface area (Å²) in [5.41, 5.74) is 1.37. The number of rotatable bonds is 8. The molecular weight excluding hydrogens is 378 g/mol. The lowest BCUT2D eigenvalue weighted by atomic mass is 10.1. The number of nitrogens with one attached hydrogen (secondary N) is 1. The number of hydrogen-bond acceptors (Lipinski definition) is 7. The van der Waals surface area contributed by atoms with E-state index >= 15 is 0 Å². The summed E-state index contributed by atoms with van der Waals surface area (Å²) in [5, 5.41) is 2.81. The maximum Gasteiger partial charge on any atom is 0.337 e. The van der Waals surface area contributed by atoms with Crippen LogP contribution in [0.5, 0.6) is 23.0 Å². The van der Waals surface area contributed by atoms with Gasteiger partial charge in [0.1, 0.15) is 13.2 Å². The first-order valence-corrected chi connectivity index (χ1v) is 9.15. The summed E-state index contributed by atoms with van der Waals surface area (Å²) >= 11 is 0. The van der Waals surface area contributed by atoms with E-state index in [9.17, 15) is 9.59 Å². The topological polar surface area (TPSA) is 92.3 Å². The molecule has 8 heteroatoms.